The molecule has 0 aromatic rings. The number of hydrogen-bond acceptors (Lipinski definition) is 3. The van der Waals surface area contributed by atoms with Crippen molar-refractivity contribution in [1.29, 1.82) is 0 Å². The van der Waals surface area contributed by atoms with Crippen LogP contribution in [0.1, 0.15) is 162 Å². The summed E-state index contributed by atoms with van der Waals surface area (Å²) in [5.41, 5.74) is -1.87. The zero-order valence-electron chi connectivity index (χ0n) is 21.6. The van der Waals surface area contributed by atoms with Crippen LogP contribution in [-0.2, 0) is 14.3 Å². The van der Waals surface area contributed by atoms with Gasteiger partial charge < -0.3 is 0 Å². The van der Waals surface area contributed by atoms with E-state index >= 15 is 0 Å². The van der Waals surface area contributed by atoms with Gasteiger partial charge in [-0.25, -0.2) is 4.39 Å². The summed E-state index contributed by atoms with van der Waals surface area (Å²) in [6, 6.07) is 0. The van der Waals surface area contributed by atoms with E-state index in [1.165, 1.54) is 103 Å². The van der Waals surface area contributed by atoms with Crippen LogP contribution in [0.15, 0.2) is 0 Å². The third-order valence-electron chi connectivity index (χ3n) is 6.34. The highest BCUT2D eigenvalue weighted by Gasteiger charge is 2.25. The van der Waals surface area contributed by atoms with Crippen molar-refractivity contribution in [2.24, 2.45) is 0 Å². The molecule has 1 atom stereocenters. The quantitative estimate of drug-likeness (QED) is 0.0917. The van der Waals surface area contributed by atoms with Crippen LogP contribution in [0.5, 0.6) is 0 Å². The van der Waals surface area contributed by atoms with Gasteiger partial charge in [-0.15, -0.1) is 0 Å². The van der Waals surface area contributed by atoms with Crippen LogP contribution in [0.2, 0.25) is 0 Å². The van der Waals surface area contributed by atoms with Gasteiger partial charge in [-0.2, -0.15) is 8.42 Å². The number of rotatable bonds is 26. The van der Waals surface area contributed by atoms with Crippen molar-refractivity contribution in [3.05, 3.63) is 0 Å². The Morgan fingerprint density at radius 3 is 1.22 bits per heavy atom. The van der Waals surface area contributed by atoms with E-state index in [0.29, 0.717) is 12.8 Å². The van der Waals surface area contributed by atoms with E-state index in [0.717, 1.165) is 25.7 Å². The topological polar surface area (TPSA) is 43.4 Å². The maximum atomic E-state index is 14.0. The summed E-state index contributed by atoms with van der Waals surface area (Å²) in [5, 5.41) is 0. The Kier molecular flexibility index (Phi) is 23.9. The van der Waals surface area contributed by atoms with Crippen molar-refractivity contribution in [1.82, 2.24) is 0 Å². The summed E-state index contributed by atoms with van der Waals surface area (Å²) in [6.07, 6.45) is 26.3. The van der Waals surface area contributed by atoms with Gasteiger partial charge in [0.25, 0.3) is 10.1 Å². The molecule has 0 fully saturated rings. The first-order valence-corrected chi connectivity index (χ1v) is 15.5. The lowest BCUT2D eigenvalue weighted by Crippen LogP contribution is -2.19. The molecule has 0 saturated carbocycles. The third-order valence-corrected chi connectivity index (χ3v) is 7.70. The van der Waals surface area contributed by atoms with Crippen LogP contribution in [0, 0.1) is 0 Å². The standard InChI is InChI=1S/C27H55FO3S/c1-3-5-7-9-11-13-14-15-16-17-18-20-22-24-26-31-32(29,30)27(28)25-23-21-19-12-10-8-6-4-2/h27H,3-26H2,1-2H3. The molecule has 0 radical (unpaired) electrons. The van der Waals surface area contributed by atoms with E-state index in [1.54, 1.807) is 0 Å². The van der Waals surface area contributed by atoms with E-state index in [1.807, 2.05) is 0 Å². The Morgan fingerprint density at radius 1 is 0.531 bits per heavy atom. The first-order chi connectivity index (χ1) is 15.5. The van der Waals surface area contributed by atoms with Gasteiger partial charge in [0.2, 0.25) is 5.50 Å². The Hall–Kier alpha value is -0.160. The van der Waals surface area contributed by atoms with Crippen LogP contribution in [0.3, 0.4) is 0 Å². The fourth-order valence-corrected chi connectivity index (χ4v) is 5.08. The summed E-state index contributed by atoms with van der Waals surface area (Å²) >= 11 is 0. The number of hydrogen-bond donors (Lipinski definition) is 0. The molecule has 0 aliphatic rings. The van der Waals surface area contributed by atoms with Crippen LogP contribution < -0.4 is 0 Å². The summed E-state index contributed by atoms with van der Waals surface area (Å²) in [6.45, 7) is 4.58. The van der Waals surface area contributed by atoms with Gasteiger partial charge >= 0.3 is 0 Å². The number of alkyl halides is 1. The van der Waals surface area contributed by atoms with Gasteiger partial charge in [-0.1, -0.05) is 142 Å². The minimum Gasteiger partial charge on any atom is -0.268 e. The molecular weight excluding hydrogens is 423 g/mol. The third kappa shape index (κ3) is 21.7. The molecule has 0 heterocycles. The Balaban J connectivity index is 3.44. The van der Waals surface area contributed by atoms with Crippen molar-refractivity contribution >= 4 is 10.1 Å². The maximum absolute atomic E-state index is 14.0. The zero-order valence-corrected chi connectivity index (χ0v) is 22.4. The monoisotopic (exact) mass is 478 g/mol. The van der Waals surface area contributed by atoms with Gasteiger partial charge in [0, 0.05) is 0 Å². The second kappa shape index (κ2) is 24.0. The highest BCUT2D eigenvalue weighted by atomic mass is 32.2. The molecule has 194 valence electrons. The number of halogens is 1. The van der Waals surface area contributed by atoms with Crippen molar-refractivity contribution in [3.8, 4) is 0 Å². The van der Waals surface area contributed by atoms with Gasteiger partial charge in [-0.05, 0) is 19.3 Å². The molecule has 5 heteroatoms. The van der Waals surface area contributed by atoms with Crippen molar-refractivity contribution < 1.29 is 17.0 Å². The summed E-state index contributed by atoms with van der Waals surface area (Å²) < 4.78 is 42.8. The molecule has 0 aromatic heterocycles. The SMILES string of the molecule is CCCCCCCCCCCCCCCCOS(=O)(=O)C(F)CCCCCCCCCC. The molecule has 0 spiro atoms. The second-order valence-electron chi connectivity index (χ2n) is 9.58. The highest BCUT2D eigenvalue weighted by molar-refractivity contribution is 7.87. The predicted molar refractivity (Wildman–Crippen MR) is 137 cm³/mol. The van der Waals surface area contributed by atoms with E-state index < -0.39 is 15.6 Å². The molecule has 3 nitrogen and oxygen atoms in total. The molecule has 32 heavy (non-hydrogen) atoms. The first-order valence-electron chi connectivity index (χ1n) is 14.1. The van der Waals surface area contributed by atoms with Crippen LogP contribution in [-0.4, -0.2) is 20.5 Å². The lowest BCUT2D eigenvalue weighted by molar-refractivity contribution is 0.270. The minimum absolute atomic E-state index is 0.0655. The van der Waals surface area contributed by atoms with E-state index in [2.05, 4.69) is 13.8 Å². The smallest absolute Gasteiger partial charge is 0.268 e. The average molecular weight is 479 g/mol. The van der Waals surface area contributed by atoms with E-state index in [-0.39, 0.29) is 13.0 Å². The largest absolute Gasteiger partial charge is 0.299 e. The normalized spacial score (nSPS) is 13.0. The summed E-state index contributed by atoms with van der Waals surface area (Å²) in [7, 11) is -4.05. The zero-order chi connectivity index (χ0) is 23.8. The molecule has 0 aromatic carbocycles. The Morgan fingerprint density at radius 2 is 0.844 bits per heavy atom. The molecule has 0 rings (SSSR count). The summed E-state index contributed by atoms with van der Waals surface area (Å²) in [5.74, 6) is 0. The molecule has 0 amide bonds. The fourth-order valence-electron chi connectivity index (χ4n) is 4.13. The van der Waals surface area contributed by atoms with Crippen LogP contribution in [0.4, 0.5) is 4.39 Å². The molecule has 1 unspecified atom stereocenters. The fraction of sp³-hybridized carbons (Fsp3) is 1.00. The summed E-state index contributed by atoms with van der Waals surface area (Å²) in [4.78, 5) is 0. The van der Waals surface area contributed by atoms with Crippen LogP contribution in [0.25, 0.3) is 0 Å². The van der Waals surface area contributed by atoms with Crippen molar-refractivity contribution in [2.45, 2.75) is 167 Å². The molecule has 0 bridgehead atoms. The maximum Gasteiger partial charge on any atom is 0.299 e. The average Bonchev–Trinajstić information content (AvgIpc) is 2.78. The van der Waals surface area contributed by atoms with Gasteiger partial charge in [0.05, 0.1) is 6.61 Å². The molecule has 0 N–H and O–H groups in total. The van der Waals surface area contributed by atoms with E-state index in [4.69, 9.17) is 4.18 Å². The molecular formula is C27H55FO3S. The van der Waals surface area contributed by atoms with E-state index in [9.17, 15) is 12.8 Å². The van der Waals surface area contributed by atoms with Gasteiger partial charge in [-0.3, -0.25) is 4.18 Å². The minimum atomic E-state index is -4.05. The first kappa shape index (κ1) is 31.8. The Bertz CT molecular complexity index is 468. The predicted octanol–water partition coefficient (Wildman–Crippen LogP) is 9.64. The van der Waals surface area contributed by atoms with Crippen molar-refractivity contribution in [2.75, 3.05) is 6.61 Å². The van der Waals surface area contributed by atoms with Gasteiger partial charge in [0.15, 0.2) is 0 Å². The molecule has 0 aliphatic carbocycles. The molecule has 0 saturated heterocycles. The van der Waals surface area contributed by atoms with Crippen molar-refractivity contribution in [3.63, 3.8) is 0 Å². The second-order valence-corrected chi connectivity index (χ2v) is 11.3. The number of unbranched alkanes of at least 4 members (excludes halogenated alkanes) is 20. The Labute approximate surface area is 200 Å². The van der Waals surface area contributed by atoms with Crippen LogP contribution >= 0.6 is 0 Å². The lowest BCUT2D eigenvalue weighted by atomic mass is 10.0. The lowest BCUT2D eigenvalue weighted by Gasteiger charge is -2.10. The highest BCUT2D eigenvalue weighted by Crippen LogP contribution is 2.17. The molecule has 0 aliphatic heterocycles. The van der Waals surface area contributed by atoms with Gasteiger partial charge in [0.1, 0.15) is 0 Å².